The van der Waals surface area contributed by atoms with Gasteiger partial charge in [0.1, 0.15) is 0 Å². The molecule has 1 aliphatic heterocycles. The van der Waals surface area contributed by atoms with Crippen LogP contribution in [0.3, 0.4) is 0 Å². The SMILES string of the molecule is Cc1ccc(-c2nnc(SCC(=O)N3N=C(c4cccs4)CC3c3cccs3)n2C)cc1. The molecule has 0 saturated heterocycles. The minimum absolute atomic E-state index is 0.0279. The third-order valence-corrected chi connectivity index (χ3v) is 8.21. The number of hydrazone groups is 1. The van der Waals surface area contributed by atoms with Gasteiger partial charge in [0.2, 0.25) is 0 Å². The highest BCUT2D eigenvalue weighted by Gasteiger charge is 2.34. The summed E-state index contributed by atoms with van der Waals surface area (Å²) in [5.41, 5.74) is 3.17. The van der Waals surface area contributed by atoms with Gasteiger partial charge in [-0.15, -0.1) is 32.9 Å². The van der Waals surface area contributed by atoms with E-state index in [4.69, 9.17) is 5.10 Å². The lowest BCUT2D eigenvalue weighted by atomic mass is 10.1. The second-order valence-corrected chi connectivity index (χ2v) is 10.4. The number of hydrogen-bond donors (Lipinski definition) is 0. The van der Waals surface area contributed by atoms with Gasteiger partial charge in [-0.1, -0.05) is 53.7 Å². The fraction of sp³-hybridized carbons (Fsp3) is 0.217. The molecule has 1 amide bonds. The number of thioether (sulfide) groups is 1. The molecule has 5 rings (SSSR count). The fourth-order valence-corrected chi connectivity index (χ4v) is 5.92. The highest BCUT2D eigenvalue weighted by molar-refractivity contribution is 7.99. The third-order valence-electron chi connectivity index (χ3n) is 5.31. The molecule has 1 aromatic carbocycles. The van der Waals surface area contributed by atoms with Crippen LogP contribution in [0.1, 0.15) is 27.8 Å². The van der Waals surface area contributed by atoms with E-state index in [1.165, 1.54) is 17.3 Å². The van der Waals surface area contributed by atoms with Crippen molar-refractivity contribution in [1.29, 1.82) is 0 Å². The Balaban J connectivity index is 1.33. The number of carbonyl (C=O) groups is 1. The Morgan fingerprint density at radius 3 is 2.59 bits per heavy atom. The van der Waals surface area contributed by atoms with E-state index in [2.05, 4.69) is 41.4 Å². The molecule has 0 N–H and O–H groups in total. The number of thiophene rings is 2. The second kappa shape index (κ2) is 9.01. The van der Waals surface area contributed by atoms with E-state index in [9.17, 15) is 4.79 Å². The van der Waals surface area contributed by atoms with Gasteiger partial charge in [0.05, 0.1) is 22.4 Å². The first-order chi connectivity index (χ1) is 15.6. The second-order valence-electron chi connectivity index (χ2n) is 7.52. The van der Waals surface area contributed by atoms with Crippen molar-refractivity contribution in [2.75, 3.05) is 5.75 Å². The topological polar surface area (TPSA) is 63.4 Å². The van der Waals surface area contributed by atoms with E-state index in [1.807, 2.05) is 46.6 Å². The van der Waals surface area contributed by atoms with E-state index in [0.29, 0.717) is 5.16 Å². The summed E-state index contributed by atoms with van der Waals surface area (Å²) in [6.07, 6.45) is 0.735. The first kappa shape index (κ1) is 21.1. The number of carbonyl (C=O) groups excluding carboxylic acids is 1. The highest BCUT2D eigenvalue weighted by atomic mass is 32.2. The Morgan fingerprint density at radius 2 is 1.88 bits per heavy atom. The van der Waals surface area contributed by atoms with Crippen LogP contribution in [0.2, 0.25) is 0 Å². The van der Waals surface area contributed by atoms with Gasteiger partial charge in [-0.05, 0) is 29.8 Å². The Hall–Kier alpha value is -2.75. The number of rotatable bonds is 6. The van der Waals surface area contributed by atoms with Crippen LogP contribution in [0.15, 0.2) is 69.5 Å². The molecule has 0 fully saturated rings. The first-order valence-electron chi connectivity index (χ1n) is 10.2. The van der Waals surface area contributed by atoms with Crippen LogP contribution in [0.25, 0.3) is 11.4 Å². The molecule has 6 nitrogen and oxygen atoms in total. The lowest BCUT2D eigenvalue weighted by Crippen LogP contribution is -2.28. The maximum atomic E-state index is 13.2. The zero-order valence-corrected chi connectivity index (χ0v) is 20.1. The van der Waals surface area contributed by atoms with E-state index in [0.717, 1.165) is 33.3 Å². The maximum absolute atomic E-state index is 13.2. The first-order valence-corrected chi connectivity index (χ1v) is 12.9. The Labute approximate surface area is 198 Å². The van der Waals surface area contributed by atoms with Gasteiger partial charge in [0.15, 0.2) is 11.0 Å². The smallest absolute Gasteiger partial charge is 0.253 e. The lowest BCUT2D eigenvalue weighted by Gasteiger charge is -2.20. The molecule has 1 atom stereocenters. The monoisotopic (exact) mass is 479 g/mol. The van der Waals surface area contributed by atoms with E-state index >= 15 is 0 Å². The summed E-state index contributed by atoms with van der Waals surface area (Å²) < 4.78 is 1.93. The van der Waals surface area contributed by atoms with Crippen molar-refractivity contribution in [3.05, 3.63) is 74.6 Å². The van der Waals surface area contributed by atoms with Gasteiger partial charge in [0.25, 0.3) is 5.91 Å². The number of hydrogen-bond acceptors (Lipinski definition) is 7. The zero-order valence-electron chi connectivity index (χ0n) is 17.6. The van der Waals surface area contributed by atoms with Gasteiger partial charge in [-0.25, -0.2) is 5.01 Å². The molecule has 162 valence electrons. The summed E-state index contributed by atoms with van der Waals surface area (Å²) in [5.74, 6) is 1.01. The number of amides is 1. The minimum Gasteiger partial charge on any atom is -0.305 e. The minimum atomic E-state index is -0.0529. The molecule has 0 bridgehead atoms. The van der Waals surface area contributed by atoms with E-state index in [-0.39, 0.29) is 17.7 Å². The molecule has 32 heavy (non-hydrogen) atoms. The average Bonchev–Trinajstić information content (AvgIpc) is 3.59. The van der Waals surface area contributed by atoms with Crippen LogP contribution in [0, 0.1) is 6.92 Å². The number of nitrogens with zero attached hydrogens (tertiary/aromatic N) is 5. The molecular weight excluding hydrogens is 458 g/mol. The van der Waals surface area contributed by atoms with Crippen LogP contribution < -0.4 is 0 Å². The largest absolute Gasteiger partial charge is 0.305 e. The summed E-state index contributed by atoms with van der Waals surface area (Å²) >= 11 is 4.71. The molecule has 3 aromatic heterocycles. The Kier molecular flexibility index (Phi) is 5.95. The quantitative estimate of drug-likeness (QED) is 0.348. The molecular formula is C23H21N5OS3. The van der Waals surface area contributed by atoms with Crippen molar-refractivity contribution in [2.24, 2.45) is 12.1 Å². The molecule has 9 heteroatoms. The molecule has 4 aromatic rings. The molecule has 0 radical (unpaired) electrons. The molecule has 0 saturated carbocycles. The van der Waals surface area contributed by atoms with Crippen LogP contribution >= 0.6 is 34.4 Å². The fourth-order valence-electron chi connectivity index (χ4n) is 3.62. The predicted octanol–water partition coefficient (Wildman–Crippen LogP) is 5.38. The van der Waals surface area contributed by atoms with Gasteiger partial charge in [-0.2, -0.15) is 5.10 Å². The zero-order chi connectivity index (χ0) is 22.1. The highest BCUT2D eigenvalue weighted by Crippen LogP contribution is 2.36. The molecule has 4 heterocycles. The maximum Gasteiger partial charge on any atom is 0.253 e. The standard InChI is InChI=1S/C23H21N5OS3/c1-15-7-9-16(10-8-15)22-24-25-23(27(22)2)32-14-21(29)28-18(20-6-4-12-31-20)13-17(26-28)19-5-3-11-30-19/h3-12,18H,13-14H2,1-2H3. The molecule has 1 aliphatic rings. The predicted molar refractivity (Wildman–Crippen MR) is 131 cm³/mol. The normalized spacial score (nSPS) is 15.9. The molecule has 0 spiro atoms. The number of aromatic nitrogens is 3. The summed E-state index contributed by atoms with van der Waals surface area (Å²) in [6, 6.07) is 16.3. The van der Waals surface area contributed by atoms with Gasteiger partial charge >= 0.3 is 0 Å². The average molecular weight is 480 g/mol. The van der Waals surface area contributed by atoms with Crippen LogP contribution in [-0.4, -0.2) is 37.1 Å². The summed E-state index contributed by atoms with van der Waals surface area (Å²) in [4.78, 5) is 15.5. The van der Waals surface area contributed by atoms with Crippen molar-refractivity contribution in [3.63, 3.8) is 0 Å². The van der Waals surface area contributed by atoms with Crippen molar-refractivity contribution in [2.45, 2.75) is 24.5 Å². The van der Waals surface area contributed by atoms with Crippen molar-refractivity contribution < 1.29 is 4.79 Å². The van der Waals surface area contributed by atoms with Gasteiger partial charge < -0.3 is 4.57 Å². The van der Waals surface area contributed by atoms with Crippen LogP contribution in [0.5, 0.6) is 0 Å². The van der Waals surface area contributed by atoms with Crippen molar-refractivity contribution >= 4 is 46.1 Å². The summed E-state index contributed by atoms with van der Waals surface area (Å²) in [7, 11) is 1.93. The molecule has 0 aliphatic carbocycles. The number of aryl methyl sites for hydroxylation is 1. The number of benzene rings is 1. The van der Waals surface area contributed by atoms with E-state index in [1.54, 1.807) is 27.7 Å². The van der Waals surface area contributed by atoms with Crippen LogP contribution in [0.4, 0.5) is 0 Å². The Bertz CT molecular complexity index is 1240. The molecule has 1 unspecified atom stereocenters. The lowest BCUT2D eigenvalue weighted by molar-refractivity contribution is -0.130. The van der Waals surface area contributed by atoms with Crippen LogP contribution in [-0.2, 0) is 11.8 Å². The van der Waals surface area contributed by atoms with Gasteiger partial charge in [0, 0.05) is 23.9 Å². The van der Waals surface area contributed by atoms with E-state index < -0.39 is 0 Å². The summed E-state index contributed by atoms with van der Waals surface area (Å²) in [6.45, 7) is 2.06. The summed E-state index contributed by atoms with van der Waals surface area (Å²) in [5, 5.41) is 19.8. The van der Waals surface area contributed by atoms with Gasteiger partial charge in [-0.3, -0.25) is 4.79 Å². The third kappa shape index (κ3) is 4.15. The van der Waals surface area contributed by atoms with Crippen molar-refractivity contribution in [3.8, 4) is 11.4 Å². The Morgan fingerprint density at radius 1 is 1.09 bits per heavy atom. The van der Waals surface area contributed by atoms with Crippen molar-refractivity contribution in [1.82, 2.24) is 19.8 Å².